The second kappa shape index (κ2) is 4.07. The average Bonchev–Trinajstić information content (AvgIpc) is 2.23. The van der Waals surface area contributed by atoms with E-state index in [0.717, 1.165) is 6.42 Å². The lowest BCUT2D eigenvalue weighted by atomic mass is 10.1. The molecule has 0 aromatic heterocycles. The average molecular weight is 241 g/mol. The standard InChI is InChI=1S/C11H15NO3S/c1-2-7-12-10-6-4-3-5-9(10)11(13)8-16(12,14)15/h3-6,11,13H,2,7-8H2,1H3/t11-/m0/s1. The number of rotatable bonds is 2. The van der Waals surface area contributed by atoms with Gasteiger partial charge in [0.05, 0.1) is 17.5 Å². The zero-order valence-electron chi connectivity index (χ0n) is 9.13. The van der Waals surface area contributed by atoms with E-state index in [1.165, 1.54) is 4.31 Å². The van der Waals surface area contributed by atoms with E-state index in [2.05, 4.69) is 0 Å². The number of sulfonamides is 1. The second-order valence-electron chi connectivity index (χ2n) is 3.93. The third-order valence-corrected chi connectivity index (χ3v) is 4.48. The van der Waals surface area contributed by atoms with Gasteiger partial charge in [0, 0.05) is 12.1 Å². The summed E-state index contributed by atoms with van der Waals surface area (Å²) in [5.41, 5.74) is 1.31. The van der Waals surface area contributed by atoms with E-state index in [-0.39, 0.29) is 5.75 Å². The van der Waals surface area contributed by atoms with E-state index in [0.29, 0.717) is 17.8 Å². The van der Waals surface area contributed by atoms with Crippen molar-refractivity contribution in [3.05, 3.63) is 29.8 Å². The first-order chi connectivity index (χ1) is 7.56. The van der Waals surface area contributed by atoms with Crippen molar-refractivity contribution in [1.82, 2.24) is 0 Å². The van der Waals surface area contributed by atoms with Crippen LogP contribution in [0.25, 0.3) is 0 Å². The van der Waals surface area contributed by atoms with Gasteiger partial charge in [-0.25, -0.2) is 8.42 Å². The largest absolute Gasteiger partial charge is 0.387 e. The maximum absolute atomic E-state index is 11.9. The number of para-hydroxylation sites is 1. The molecule has 2 rings (SSSR count). The molecule has 1 aliphatic rings. The Hall–Kier alpha value is -1.07. The van der Waals surface area contributed by atoms with Crippen LogP contribution in [0.3, 0.4) is 0 Å². The van der Waals surface area contributed by atoms with Crippen LogP contribution in [-0.4, -0.2) is 25.8 Å². The molecule has 0 aliphatic carbocycles. The zero-order chi connectivity index (χ0) is 11.8. The predicted octanol–water partition coefficient (Wildman–Crippen LogP) is 1.28. The van der Waals surface area contributed by atoms with Gasteiger partial charge in [-0.3, -0.25) is 4.31 Å². The molecule has 0 spiro atoms. The van der Waals surface area contributed by atoms with Gasteiger partial charge in [-0.05, 0) is 12.5 Å². The van der Waals surface area contributed by atoms with Crippen LogP contribution in [0.1, 0.15) is 25.0 Å². The Morgan fingerprint density at radius 1 is 1.44 bits per heavy atom. The fourth-order valence-electron chi connectivity index (χ4n) is 1.99. The monoisotopic (exact) mass is 241 g/mol. The maximum Gasteiger partial charge on any atom is 0.238 e. The summed E-state index contributed by atoms with van der Waals surface area (Å²) in [7, 11) is -3.36. The first kappa shape index (κ1) is 11.4. The molecule has 0 saturated carbocycles. The van der Waals surface area contributed by atoms with Crippen LogP contribution in [0.4, 0.5) is 5.69 Å². The topological polar surface area (TPSA) is 57.6 Å². The second-order valence-corrected chi connectivity index (χ2v) is 5.86. The van der Waals surface area contributed by atoms with Gasteiger partial charge in [-0.1, -0.05) is 25.1 Å². The van der Waals surface area contributed by atoms with Gasteiger partial charge in [-0.2, -0.15) is 0 Å². The number of benzene rings is 1. The normalized spacial score (nSPS) is 22.9. The highest BCUT2D eigenvalue weighted by atomic mass is 32.2. The van der Waals surface area contributed by atoms with Crippen LogP contribution < -0.4 is 4.31 Å². The molecule has 1 aromatic carbocycles. The summed E-state index contributed by atoms with van der Waals surface area (Å²) < 4.78 is 25.2. The van der Waals surface area contributed by atoms with E-state index < -0.39 is 16.1 Å². The van der Waals surface area contributed by atoms with E-state index in [9.17, 15) is 13.5 Å². The lowest BCUT2D eigenvalue weighted by Gasteiger charge is -2.32. The summed E-state index contributed by atoms with van der Waals surface area (Å²) in [6.07, 6.45) is -0.154. The summed E-state index contributed by atoms with van der Waals surface area (Å²) in [6.45, 7) is 2.40. The minimum Gasteiger partial charge on any atom is -0.387 e. The molecule has 0 amide bonds. The maximum atomic E-state index is 11.9. The van der Waals surface area contributed by atoms with E-state index in [4.69, 9.17) is 0 Å². The Bertz CT molecular complexity index is 484. The fourth-order valence-corrected chi connectivity index (χ4v) is 3.67. The Morgan fingerprint density at radius 2 is 2.12 bits per heavy atom. The van der Waals surface area contributed by atoms with Crippen LogP contribution in [0.5, 0.6) is 0 Å². The van der Waals surface area contributed by atoms with Crippen molar-refractivity contribution in [3.63, 3.8) is 0 Å². The highest BCUT2D eigenvalue weighted by molar-refractivity contribution is 7.92. The molecule has 0 bridgehead atoms. The molecule has 0 saturated heterocycles. The zero-order valence-corrected chi connectivity index (χ0v) is 9.94. The van der Waals surface area contributed by atoms with Gasteiger partial charge in [0.2, 0.25) is 10.0 Å². The van der Waals surface area contributed by atoms with Crippen molar-refractivity contribution in [2.75, 3.05) is 16.6 Å². The molecule has 1 atom stereocenters. The smallest absolute Gasteiger partial charge is 0.238 e. The number of aliphatic hydroxyl groups is 1. The minimum absolute atomic E-state index is 0.218. The number of nitrogens with zero attached hydrogens (tertiary/aromatic N) is 1. The Morgan fingerprint density at radius 3 is 2.81 bits per heavy atom. The molecule has 0 unspecified atom stereocenters. The van der Waals surface area contributed by atoms with Crippen molar-refractivity contribution in [1.29, 1.82) is 0 Å². The van der Waals surface area contributed by atoms with Gasteiger partial charge < -0.3 is 5.11 Å². The number of hydrogen-bond acceptors (Lipinski definition) is 3. The van der Waals surface area contributed by atoms with Crippen molar-refractivity contribution in [3.8, 4) is 0 Å². The van der Waals surface area contributed by atoms with Crippen LogP contribution in [0.2, 0.25) is 0 Å². The highest BCUT2D eigenvalue weighted by Gasteiger charge is 2.33. The first-order valence-corrected chi connectivity index (χ1v) is 6.94. The molecular formula is C11H15NO3S. The van der Waals surface area contributed by atoms with E-state index in [1.54, 1.807) is 18.2 Å². The van der Waals surface area contributed by atoms with Gasteiger partial charge in [0.15, 0.2) is 0 Å². The summed E-state index contributed by atoms with van der Waals surface area (Å²) in [5, 5.41) is 9.78. The Kier molecular flexibility index (Phi) is 2.90. The summed E-state index contributed by atoms with van der Waals surface area (Å²) in [5.74, 6) is -0.218. The highest BCUT2D eigenvalue weighted by Crippen LogP contribution is 2.34. The van der Waals surface area contributed by atoms with Crippen molar-refractivity contribution >= 4 is 15.7 Å². The molecule has 88 valence electrons. The van der Waals surface area contributed by atoms with E-state index in [1.807, 2.05) is 13.0 Å². The number of aliphatic hydroxyl groups excluding tert-OH is 1. The third-order valence-electron chi connectivity index (χ3n) is 2.70. The molecular weight excluding hydrogens is 226 g/mol. The van der Waals surface area contributed by atoms with Gasteiger partial charge in [0.1, 0.15) is 0 Å². The summed E-state index contributed by atoms with van der Waals surface area (Å²) >= 11 is 0. The lowest BCUT2D eigenvalue weighted by molar-refractivity contribution is 0.200. The van der Waals surface area contributed by atoms with Crippen molar-refractivity contribution < 1.29 is 13.5 Å². The molecule has 1 heterocycles. The minimum atomic E-state index is -3.36. The molecule has 1 aromatic rings. The number of fused-ring (bicyclic) bond motifs is 1. The van der Waals surface area contributed by atoms with Crippen molar-refractivity contribution in [2.45, 2.75) is 19.4 Å². The Balaban J connectivity index is 2.54. The van der Waals surface area contributed by atoms with Crippen LogP contribution in [0, 0.1) is 0 Å². The number of hydrogen-bond donors (Lipinski definition) is 1. The summed E-state index contributed by atoms with van der Waals surface area (Å²) in [4.78, 5) is 0. The molecule has 0 radical (unpaired) electrons. The molecule has 1 N–H and O–H groups in total. The van der Waals surface area contributed by atoms with Crippen LogP contribution >= 0.6 is 0 Å². The van der Waals surface area contributed by atoms with Gasteiger partial charge in [-0.15, -0.1) is 0 Å². The first-order valence-electron chi connectivity index (χ1n) is 5.33. The lowest BCUT2D eigenvalue weighted by Crippen LogP contribution is -2.40. The molecule has 5 heteroatoms. The molecule has 16 heavy (non-hydrogen) atoms. The SMILES string of the molecule is CCCN1c2ccccc2[C@@H](O)CS1(=O)=O. The Labute approximate surface area is 95.6 Å². The van der Waals surface area contributed by atoms with E-state index >= 15 is 0 Å². The molecule has 0 fully saturated rings. The quantitative estimate of drug-likeness (QED) is 0.848. The summed E-state index contributed by atoms with van der Waals surface area (Å²) in [6, 6.07) is 7.11. The predicted molar refractivity (Wildman–Crippen MR) is 62.8 cm³/mol. The third kappa shape index (κ3) is 1.81. The van der Waals surface area contributed by atoms with Gasteiger partial charge in [0.25, 0.3) is 0 Å². The van der Waals surface area contributed by atoms with Crippen LogP contribution in [-0.2, 0) is 10.0 Å². The fraction of sp³-hybridized carbons (Fsp3) is 0.455. The molecule has 4 nitrogen and oxygen atoms in total. The number of anilines is 1. The van der Waals surface area contributed by atoms with Crippen LogP contribution in [0.15, 0.2) is 24.3 Å². The van der Waals surface area contributed by atoms with Crippen molar-refractivity contribution in [2.24, 2.45) is 0 Å². The molecule has 1 aliphatic heterocycles. The van der Waals surface area contributed by atoms with Gasteiger partial charge >= 0.3 is 0 Å².